The zero-order valence-electron chi connectivity index (χ0n) is 8.85. The van der Waals surface area contributed by atoms with Crippen molar-refractivity contribution in [1.29, 1.82) is 0 Å². The molecule has 0 amide bonds. The Labute approximate surface area is 95.6 Å². The Bertz CT molecular complexity index is 404. The molecule has 0 heterocycles. The van der Waals surface area contributed by atoms with Crippen molar-refractivity contribution in [3.8, 4) is 30.4 Å². The quantitative estimate of drug-likeness (QED) is 0.434. The van der Waals surface area contributed by atoms with Crippen molar-refractivity contribution >= 4 is 5.97 Å². The first-order chi connectivity index (χ1) is 7.77. The Kier molecular flexibility index (Phi) is 4.70. The summed E-state index contributed by atoms with van der Waals surface area (Å²) in [5, 5.41) is 0. The predicted octanol–water partition coefficient (Wildman–Crippen LogP) is 2.25. The van der Waals surface area contributed by atoms with Crippen LogP contribution in [0.4, 0.5) is 0 Å². The summed E-state index contributed by atoms with van der Waals surface area (Å²) >= 11 is 0. The van der Waals surface area contributed by atoms with E-state index in [1.807, 2.05) is 6.07 Å². The van der Waals surface area contributed by atoms with Crippen LogP contribution in [0, 0.1) is 30.6 Å². The van der Waals surface area contributed by atoms with Crippen LogP contribution in [0.15, 0.2) is 30.3 Å². The number of terminal acetylenes is 2. The first-order valence-electron chi connectivity index (χ1n) is 4.91. The number of carbonyl (C=O) groups excluding carboxylic acids is 1. The lowest BCUT2D eigenvalue weighted by atomic mass is 10.0. The van der Waals surface area contributed by atoms with Crippen molar-refractivity contribution in [2.45, 2.75) is 12.8 Å². The van der Waals surface area contributed by atoms with Gasteiger partial charge in [-0.3, -0.25) is 4.79 Å². The van der Waals surface area contributed by atoms with Crippen molar-refractivity contribution in [3.63, 3.8) is 0 Å². The smallest absolute Gasteiger partial charge is 0.316 e. The number of esters is 1. The van der Waals surface area contributed by atoms with Crippen LogP contribution in [-0.4, -0.2) is 5.97 Å². The van der Waals surface area contributed by atoms with Crippen molar-refractivity contribution in [1.82, 2.24) is 0 Å². The van der Waals surface area contributed by atoms with E-state index in [1.165, 1.54) is 0 Å². The molecule has 0 aliphatic heterocycles. The molecule has 2 heteroatoms. The first-order valence-corrected chi connectivity index (χ1v) is 4.91. The number of rotatable bonds is 4. The molecule has 0 aliphatic rings. The van der Waals surface area contributed by atoms with E-state index in [2.05, 4.69) is 11.8 Å². The Balaban J connectivity index is 2.63. The Hall–Kier alpha value is -2.19. The zero-order chi connectivity index (χ0) is 11.8. The summed E-state index contributed by atoms with van der Waals surface area (Å²) in [6, 6.07) is 8.85. The molecule has 0 atom stereocenters. The zero-order valence-corrected chi connectivity index (χ0v) is 8.85. The molecule has 0 N–H and O–H groups in total. The molecule has 0 unspecified atom stereocenters. The molecular weight excluding hydrogens is 200 g/mol. The summed E-state index contributed by atoms with van der Waals surface area (Å²) in [7, 11) is 0. The Morgan fingerprint density at radius 3 is 2.25 bits per heavy atom. The molecule has 0 fully saturated rings. The predicted molar refractivity (Wildman–Crippen MR) is 62.5 cm³/mol. The average molecular weight is 212 g/mol. The number of hydrogen-bond acceptors (Lipinski definition) is 2. The van der Waals surface area contributed by atoms with E-state index in [4.69, 9.17) is 17.6 Å². The minimum atomic E-state index is -0.421. The number of ether oxygens (including phenoxy) is 1. The van der Waals surface area contributed by atoms with E-state index in [-0.39, 0.29) is 5.97 Å². The monoisotopic (exact) mass is 212 g/mol. The highest BCUT2D eigenvalue weighted by Gasteiger charge is 2.18. The highest BCUT2D eigenvalue weighted by atomic mass is 16.5. The van der Waals surface area contributed by atoms with E-state index in [9.17, 15) is 4.79 Å². The summed E-state index contributed by atoms with van der Waals surface area (Å²) in [5.74, 6) is 4.56. The van der Waals surface area contributed by atoms with Gasteiger partial charge in [0, 0.05) is 12.8 Å². The summed E-state index contributed by atoms with van der Waals surface area (Å²) in [6.45, 7) is 0. The fraction of sp³-hybridized carbons (Fsp3) is 0.214. The second kappa shape index (κ2) is 6.32. The van der Waals surface area contributed by atoms with Crippen LogP contribution in [0.25, 0.3) is 0 Å². The molecule has 0 aliphatic carbocycles. The van der Waals surface area contributed by atoms with Gasteiger partial charge in [-0.1, -0.05) is 18.2 Å². The lowest BCUT2D eigenvalue weighted by Crippen LogP contribution is -2.19. The van der Waals surface area contributed by atoms with E-state index in [0.29, 0.717) is 18.6 Å². The molecule has 0 bridgehead atoms. The van der Waals surface area contributed by atoms with Gasteiger partial charge in [-0.05, 0) is 12.1 Å². The van der Waals surface area contributed by atoms with E-state index in [0.717, 1.165) is 0 Å². The van der Waals surface area contributed by atoms with Gasteiger partial charge in [0.25, 0.3) is 0 Å². The molecule has 0 spiro atoms. The molecule has 0 saturated carbocycles. The summed E-state index contributed by atoms with van der Waals surface area (Å²) in [6.07, 6.45) is 10.9. The van der Waals surface area contributed by atoms with E-state index in [1.54, 1.807) is 24.3 Å². The maximum Gasteiger partial charge on any atom is 0.316 e. The van der Waals surface area contributed by atoms with Crippen LogP contribution in [0.5, 0.6) is 5.75 Å². The van der Waals surface area contributed by atoms with Gasteiger partial charge in [0.1, 0.15) is 5.75 Å². The third-order valence-electron chi connectivity index (χ3n) is 2.02. The molecule has 1 aromatic carbocycles. The summed E-state index contributed by atoms with van der Waals surface area (Å²) in [5.41, 5.74) is 0. The fourth-order valence-corrected chi connectivity index (χ4v) is 1.21. The van der Waals surface area contributed by atoms with Gasteiger partial charge in [-0.25, -0.2) is 0 Å². The standard InChI is InChI=1S/C14H12O2/c1-3-8-12(9-4-2)14(15)16-13-10-6-5-7-11-13/h1-2,5-7,10-12H,8-9H2. The second-order valence-corrected chi connectivity index (χ2v) is 3.25. The van der Waals surface area contributed by atoms with E-state index < -0.39 is 5.92 Å². The molecular formula is C14H12O2. The molecule has 1 aromatic rings. The minimum absolute atomic E-state index is 0.301. The molecule has 16 heavy (non-hydrogen) atoms. The van der Waals surface area contributed by atoms with Crippen LogP contribution in [0.1, 0.15) is 12.8 Å². The molecule has 1 rings (SSSR count). The first kappa shape index (κ1) is 11.9. The Morgan fingerprint density at radius 1 is 1.19 bits per heavy atom. The van der Waals surface area contributed by atoms with Crippen LogP contribution >= 0.6 is 0 Å². The van der Waals surface area contributed by atoms with Crippen LogP contribution in [0.3, 0.4) is 0 Å². The van der Waals surface area contributed by atoms with Crippen molar-refractivity contribution in [2.75, 3.05) is 0 Å². The van der Waals surface area contributed by atoms with Crippen LogP contribution in [0.2, 0.25) is 0 Å². The third kappa shape index (κ3) is 3.52. The normalized spacial score (nSPS) is 9.19. The molecule has 0 radical (unpaired) electrons. The van der Waals surface area contributed by atoms with Gasteiger partial charge < -0.3 is 4.74 Å². The fourth-order valence-electron chi connectivity index (χ4n) is 1.21. The molecule has 0 saturated heterocycles. The van der Waals surface area contributed by atoms with E-state index >= 15 is 0 Å². The average Bonchev–Trinajstić information content (AvgIpc) is 2.30. The van der Waals surface area contributed by atoms with Crippen molar-refractivity contribution in [2.24, 2.45) is 5.92 Å². The molecule has 0 aromatic heterocycles. The third-order valence-corrected chi connectivity index (χ3v) is 2.02. The number of benzene rings is 1. The van der Waals surface area contributed by atoms with Gasteiger partial charge in [-0.15, -0.1) is 24.7 Å². The van der Waals surface area contributed by atoms with Gasteiger partial charge in [0.15, 0.2) is 0 Å². The van der Waals surface area contributed by atoms with Gasteiger partial charge in [0.2, 0.25) is 0 Å². The topological polar surface area (TPSA) is 26.3 Å². The number of carbonyl (C=O) groups is 1. The van der Waals surface area contributed by atoms with Crippen molar-refractivity contribution < 1.29 is 9.53 Å². The van der Waals surface area contributed by atoms with Gasteiger partial charge in [0.05, 0.1) is 5.92 Å². The molecule has 2 nitrogen and oxygen atoms in total. The maximum absolute atomic E-state index is 11.7. The number of para-hydroxylation sites is 1. The second-order valence-electron chi connectivity index (χ2n) is 3.25. The lowest BCUT2D eigenvalue weighted by Gasteiger charge is -2.10. The molecule has 80 valence electrons. The largest absolute Gasteiger partial charge is 0.426 e. The SMILES string of the molecule is C#CCC(CC#C)C(=O)Oc1ccccc1. The summed E-state index contributed by atoms with van der Waals surface area (Å²) in [4.78, 5) is 11.7. The highest BCUT2D eigenvalue weighted by molar-refractivity contribution is 5.75. The van der Waals surface area contributed by atoms with Crippen LogP contribution < -0.4 is 4.74 Å². The van der Waals surface area contributed by atoms with Crippen LogP contribution in [-0.2, 0) is 4.79 Å². The summed E-state index contributed by atoms with van der Waals surface area (Å²) < 4.78 is 5.15. The Morgan fingerprint density at radius 2 is 1.75 bits per heavy atom. The van der Waals surface area contributed by atoms with Gasteiger partial charge >= 0.3 is 5.97 Å². The highest BCUT2D eigenvalue weighted by Crippen LogP contribution is 2.14. The van der Waals surface area contributed by atoms with Crippen molar-refractivity contribution in [3.05, 3.63) is 30.3 Å². The maximum atomic E-state index is 11.7. The lowest BCUT2D eigenvalue weighted by molar-refractivity contribution is -0.138. The van der Waals surface area contributed by atoms with Gasteiger partial charge in [-0.2, -0.15) is 0 Å². The minimum Gasteiger partial charge on any atom is -0.426 e. The number of hydrogen-bond donors (Lipinski definition) is 0.